The van der Waals surface area contributed by atoms with E-state index in [-0.39, 0.29) is 11.7 Å². The average molecular weight is 277 g/mol. The lowest BCUT2D eigenvalue weighted by molar-refractivity contribution is 0.0991. The van der Waals surface area contributed by atoms with Crippen LogP contribution < -0.4 is 4.90 Å². The van der Waals surface area contributed by atoms with Crippen LogP contribution in [0.4, 0.5) is 5.69 Å². The number of nitrogens with zero attached hydrogens (tertiary/aromatic N) is 1. The molecule has 0 N–H and O–H groups in total. The van der Waals surface area contributed by atoms with Gasteiger partial charge in [-0.15, -0.1) is 0 Å². The van der Waals surface area contributed by atoms with Gasteiger partial charge in [0.2, 0.25) is 0 Å². The van der Waals surface area contributed by atoms with Crippen LogP contribution in [0.3, 0.4) is 0 Å². The number of hydrogen-bond donors (Lipinski definition) is 0. The molecule has 0 bridgehead atoms. The summed E-state index contributed by atoms with van der Waals surface area (Å²) in [5, 5.41) is 0. The molecular formula is C18H15NO2. The lowest BCUT2D eigenvalue weighted by Gasteiger charge is -2.18. The molecule has 1 heterocycles. The molecule has 0 unspecified atom stereocenters. The quantitative estimate of drug-likeness (QED) is 0.748. The fourth-order valence-electron chi connectivity index (χ4n) is 2.66. The molecule has 1 amide bonds. The van der Waals surface area contributed by atoms with Gasteiger partial charge in [-0.25, -0.2) is 0 Å². The Balaban J connectivity index is 2.31. The minimum atomic E-state index is -0.0684. The summed E-state index contributed by atoms with van der Waals surface area (Å²) in [6, 6.07) is 12.8. The summed E-state index contributed by atoms with van der Waals surface area (Å²) in [7, 11) is 1.74. The summed E-state index contributed by atoms with van der Waals surface area (Å²) < 4.78 is 0. The van der Waals surface area contributed by atoms with Crippen molar-refractivity contribution in [2.24, 2.45) is 0 Å². The molecular weight excluding hydrogens is 262 g/mol. The topological polar surface area (TPSA) is 37.4 Å². The summed E-state index contributed by atoms with van der Waals surface area (Å²) >= 11 is 0. The highest BCUT2D eigenvalue weighted by molar-refractivity contribution is 6.14. The number of ketones is 1. The van der Waals surface area contributed by atoms with Crippen LogP contribution >= 0.6 is 0 Å². The fourth-order valence-corrected chi connectivity index (χ4v) is 2.66. The number of carbonyl (C=O) groups excluding carboxylic acids is 2. The molecule has 1 aliphatic heterocycles. The summed E-state index contributed by atoms with van der Waals surface area (Å²) in [6.45, 7) is 5.67. The SMILES string of the molecule is C=C1c2ccccc2C(=O)N(C)c2ccc(C(C)=O)cc21. The van der Waals surface area contributed by atoms with Gasteiger partial charge in [-0.3, -0.25) is 9.59 Å². The Hall–Kier alpha value is -2.68. The summed E-state index contributed by atoms with van der Waals surface area (Å²) in [6.07, 6.45) is 0. The van der Waals surface area contributed by atoms with Crippen LogP contribution in [-0.4, -0.2) is 18.7 Å². The number of amides is 1. The van der Waals surface area contributed by atoms with Crippen molar-refractivity contribution < 1.29 is 9.59 Å². The first-order valence-corrected chi connectivity index (χ1v) is 6.72. The Labute approximate surface area is 123 Å². The van der Waals surface area contributed by atoms with Gasteiger partial charge >= 0.3 is 0 Å². The summed E-state index contributed by atoms with van der Waals surface area (Å²) in [5.41, 5.74) is 4.42. The van der Waals surface area contributed by atoms with E-state index in [0.717, 1.165) is 22.4 Å². The molecule has 3 rings (SSSR count). The minimum absolute atomic E-state index is 0.00267. The molecule has 1 aliphatic rings. The second kappa shape index (κ2) is 4.70. The third kappa shape index (κ3) is 1.98. The van der Waals surface area contributed by atoms with E-state index in [9.17, 15) is 9.59 Å². The van der Waals surface area contributed by atoms with Gasteiger partial charge in [0.05, 0.1) is 5.69 Å². The number of rotatable bonds is 1. The first-order chi connectivity index (χ1) is 10.0. The molecule has 0 aromatic heterocycles. The van der Waals surface area contributed by atoms with Crippen molar-refractivity contribution in [3.05, 3.63) is 71.3 Å². The van der Waals surface area contributed by atoms with Crippen LogP contribution in [0, 0.1) is 0 Å². The number of anilines is 1. The number of hydrogen-bond acceptors (Lipinski definition) is 2. The van der Waals surface area contributed by atoms with Gasteiger partial charge in [-0.05, 0) is 42.3 Å². The van der Waals surface area contributed by atoms with Gasteiger partial charge in [0.15, 0.2) is 5.78 Å². The standard InChI is InChI=1S/C18H15NO2/c1-11-14-6-4-5-7-15(14)18(21)19(3)17-9-8-13(12(2)20)10-16(11)17/h4-10H,1H2,2-3H3. The van der Waals surface area contributed by atoms with E-state index < -0.39 is 0 Å². The molecule has 0 atom stereocenters. The van der Waals surface area contributed by atoms with Gasteiger partial charge in [0.25, 0.3) is 5.91 Å². The number of fused-ring (bicyclic) bond motifs is 2. The molecule has 3 nitrogen and oxygen atoms in total. The third-order valence-electron chi connectivity index (χ3n) is 3.88. The molecule has 0 saturated heterocycles. The molecule has 2 aromatic carbocycles. The molecule has 0 saturated carbocycles. The largest absolute Gasteiger partial charge is 0.311 e. The zero-order valence-corrected chi connectivity index (χ0v) is 12.0. The van der Waals surface area contributed by atoms with Crippen LogP contribution in [0.25, 0.3) is 5.57 Å². The Bertz CT molecular complexity index is 790. The Morgan fingerprint density at radius 3 is 2.38 bits per heavy atom. The normalized spacial score (nSPS) is 13.5. The smallest absolute Gasteiger partial charge is 0.258 e. The van der Waals surface area contributed by atoms with Crippen molar-refractivity contribution in [1.29, 1.82) is 0 Å². The first-order valence-electron chi connectivity index (χ1n) is 6.72. The number of carbonyl (C=O) groups is 2. The van der Waals surface area contributed by atoms with Crippen LogP contribution in [0.5, 0.6) is 0 Å². The molecule has 0 fully saturated rings. The van der Waals surface area contributed by atoms with Crippen LogP contribution in [0.15, 0.2) is 49.0 Å². The third-order valence-corrected chi connectivity index (χ3v) is 3.88. The maximum Gasteiger partial charge on any atom is 0.258 e. The maximum atomic E-state index is 12.6. The zero-order chi connectivity index (χ0) is 15.1. The lowest BCUT2D eigenvalue weighted by atomic mass is 9.94. The summed E-state index contributed by atoms with van der Waals surface area (Å²) in [5.74, 6) is -0.0711. The van der Waals surface area contributed by atoms with Crippen LogP contribution in [-0.2, 0) is 0 Å². The highest BCUT2D eigenvalue weighted by Gasteiger charge is 2.26. The number of Topliss-reactive ketones (excluding diaryl/α,β-unsaturated/α-hetero) is 1. The van der Waals surface area contributed by atoms with Gasteiger partial charge in [-0.1, -0.05) is 24.8 Å². The van der Waals surface area contributed by atoms with Crippen molar-refractivity contribution in [2.75, 3.05) is 11.9 Å². The van der Waals surface area contributed by atoms with Gasteiger partial charge in [0, 0.05) is 23.7 Å². The second-order valence-corrected chi connectivity index (χ2v) is 5.18. The molecule has 2 aromatic rings. The van der Waals surface area contributed by atoms with Crippen molar-refractivity contribution in [1.82, 2.24) is 0 Å². The van der Waals surface area contributed by atoms with Crippen LogP contribution in [0.2, 0.25) is 0 Å². The zero-order valence-electron chi connectivity index (χ0n) is 12.0. The van der Waals surface area contributed by atoms with E-state index in [1.54, 1.807) is 30.1 Å². The molecule has 0 radical (unpaired) electrons. The van der Waals surface area contributed by atoms with Gasteiger partial charge < -0.3 is 4.90 Å². The Morgan fingerprint density at radius 2 is 1.71 bits per heavy atom. The first kappa shape index (κ1) is 13.3. The predicted octanol–water partition coefficient (Wildman–Crippen LogP) is 3.54. The number of benzene rings is 2. The fraction of sp³-hybridized carbons (Fsp3) is 0.111. The Kier molecular flexibility index (Phi) is 2.98. The molecule has 0 spiro atoms. The Morgan fingerprint density at radius 1 is 1.05 bits per heavy atom. The van der Waals surface area contributed by atoms with E-state index >= 15 is 0 Å². The van der Waals surface area contributed by atoms with E-state index in [2.05, 4.69) is 6.58 Å². The van der Waals surface area contributed by atoms with Crippen molar-refractivity contribution in [3.63, 3.8) is 0 Å². The average Bonchev–Trinajstić information content (AvgIpc) is 2.58. The van der Waals surface area contributed by atoms with Crippen molar-refractivity contribution in [2.45, 2.75) is 6.92 Å². The highest BCUT2D eigenvalue weighted by Crippen LogP contribution is 2.36. The molecule has 3 heteroatoms. The van der Waals surface area contributed by atoms with Gasteiger partial charge in [0.1, 0.15) is 0 Å². The molecule has 104 valence electrons. The highest BCUT2D eigenvalue weighted by atomic mass is 16.2. The van der Waals surface area contributed by atoms with E-state index in [0.29, 0.717) is 11.1 Å². The molecule has 0 aliphatic carbocycles. The molecule has 21 heavy (non-hydrogen) atoms. The van der Waals surface area contributed by atoms with E-state index in [4.69, 9.17) is 0 Å². The van der Waals surface area contributed by atoms with Crippen molar-refractivity contribution >= 4 is 23.0 Å². The summed E-state index contributed by atoms with van der Waals surface area (Å²) in [4.78, 5) is 25.8. The second-order valence-electron chi connectivity index (χ2n) is 5.18. The van der Waals surface area contributed by atoms with Crippen LogP contribution in [0.1, 0.15) is 38.8 Å². The van der Waals surface area contributed by atoms with E-state index in [1.807, 2.05) is 24.3 Å². The monoisotopic (exact) mass is 277 g/mol. The van der Waals surface area contributed by atoms with E-state index in [1.165, 1.54) is 6.92 Å². The van der Waals surface area contributed by atoms with Gasteiger partial charge in [-0.2, -0.15) is 0 Å². The van der Waals surface area contributed by atoms with Crippen molar-refractivity contribution in [3.8, 4) is 0 Å². The maximum absolute atomic E-state index is 12.6. The minimum Gasteiger partial charge on any atom is -0.311 e. The lowest BCUT2D eigenvalue weighted by Crippen LogP contribution is -2.26. The predicted molar refractivity (Wildman–Crippen MR) is 83.8 cm³/mol.